The molecule has 1 saturated heterocycles. The fraction of sp³-hybridized carbons (Fsp3) is 0.688. The monoisotopic (exact) mass is 294 g/mol. The summed E-state index contributed by atoms with van der Waals surface area (Å²) in [5, 5.41) is 5.52. The fourth-order valence-electron chi connectivity index (χ4n) is 3.20. The number of carbonyl (C=O) groups excluding carboxylic acids is 1. The maximum atomic E-state index is 13.1. The molecule has 0 aromatic carbocycles. The van der Waals surface area contributed by atoms with Gasteiger partial charge in [0.05, 0.1) is 12.0 Å². The van der Waals surface area contributed by atoms with Crippen LogP contribution in [0, 0.1) is 5.41 Å². The molecule has 1 aromatic rings. The number of piperidine rings is 1. The summed E-state index contributed by atoms with van der Waals surface area (Å²) in [5.41, 5.74) is -0.166. The summed E-state index contributed by atoms with van der Waals surface area (Å²) in [5.74, 6) is 0.349. The highest BCUT2D eigenvalue weighted by Gasteiger charge is 2.40. The molecule has 4 heteroatoms. The molecule has 2 heterocycles. The molecule has 1 aliphatic rings. The number of hydrogen-bond acceptors (Lipinski definition) is 3. The van der Waals surface area contributed by atoms with E-state index in [0.717, 1.165) is 51.9 Å². The Labute approximate surface area is 126 Å². The molecule has 2 rings (SSSR count). The van der Waals surface area contributed by atoms with Crippen LogP contribution in [0.25, 0.3) is 0 Å². The van der Waals surface area contributed by atoms with E-state index in [0.29, 0.717) is 5.91 Å². The first kappa shape index (κ1) is 15.5. The van der Waals surface area contributed by atoms with Gasteiger partial charge in [-0.2, -0.15) is 0 Å². The second-order valence-electron chi connectivity index (χ2n) is 5.71. The average molecular weight is 294 g/mol. The zero-order chi connectivity index (χ0) is 14.4. The first-order valence-electron chi connectivity index (χ1n) is 7.74. The third kappa shape index (κ3) is 3.41. The van der Waals surface area contributed by atoms with Crippen molar-refractivity contribution in [2.24, 2.45) is 5.41 Å². The van der Waals surface area contributed by atoms with Crippen molar-refractivity contribution in [1.82, 2.24) is 10.2 Å². The van der Waals surface area contributed by atoms with Crippen LogP contribution in [-0.4, -0.2) is 30.4 Å². The van der Waals surface area contributed by atoms with Crippen molar-refractivity contribution < 1.29 is 4.79 Å². The van der Waals surface area contributed by atoms with Crippen LogP contribution in [0.1, 0.15) is 44.4 Å². The number of nitrogens with one attached hydrogen (secondary N) is 1. The van der Waals surface area contributed by atoms with Gasteiger partial charge in [-0.1, -0.05) is 19.4 Å². The molecule has 0 aliphatic carbocycles. The van der Waals surface area contributed by atoms with Gasteiger partial charge in [-0.15, -0.1) is 11.3 Å². The Morgan fingerprint density at radius 1 is 1.50 bits per heavy atom. The van der Waals surface area contributed by atoms with Crippen molar-refractivity contribution in [3.8, 4) is 0 Å². The quantitative estimate of drug-likeness (QED) is 0.873. The zero-order valence-electron chi connectivity index (χ0n) is 12.7. The van der Waals surface area contributed by atoms with Crippen molar-refractivity contribution in [1.29, 1.82) is 0 Å². The minimum atomic E-state index is -0.166. The van der Waals surface area contributed by atoms with Crippen LogP contribution in [0.5, 0.6) is 0 Å². The van der Waals surface area contributed by atoms with E-state index < -0.39 is 0 Å². The van der Waals surface area contributed by atoms with E-state index in [9.17, 15) is 4.79 Å². The summed E-state index contributed by atoms with van der Waals surface area (Å²) in [7, 11) is 0. The number of rotatable bonds is 6. The molecule has 0 radical (unpaired) electrons. The second-order valence-corrected chi connectivity index (χ2v) is 6.74. The maximum absolute atomic E-state index is 13.1. The van der Waals surface area contributed by atoms with Crippen LogP contribution in [-0.2, 0) is 11.3 Å². The Kier molecular flexibility index (Phi) is 5.61. The van der Waals surface area contributed by atoms with Crippen LogP contribution < -0.4 is 5.32 Å². The Bertz CT molecular complexity index is 405. The van der Waals surface area contributed by atoms with Crippen molar-refractivity contribution in [3.63, 3.8) is 0 Å². The molecule has 1 unspecified atom stereocenters. The summed E-state index contributed by atoms with van der Waals surface area (Å²) in [6, 6.07) is 4.18. The van der Waals surface area contributed by atoms with Crippen molar-refractivity contribution >= 4 is 17.2 Å². The van der Waals surface area contributed by atoms with Gasteiger partial charge >= 0.3 is 0 Å². The molecule has 1 N–H and O–H groups in total. The number of nitrogens with zero attached hydrogens (tertiary/aromatic N) is 1. The molecule has 1 fully saturated rings. The van der Waals surface area contributed by atoms with Crippen LogP contribution in [0.4, 0.5) is 0 Å². The fourth-order valence-corrected chi connectivity index (χ4v) is 3.92. The molecule has 0 bridgehead atoms. The highest BCUT2D eigenvalue weighted by Crippen LogP contribution is 2.34. The minimum Gasteiger partial charge on any atom is -0.337 e. The third-order valence-corrected chi connectivity index (χ3v) is 5.11. The largest absolute Gasteiger partial charge is 0.337 e. The molecule has 1 aliphatic heterocycles. The van der Waals surface area contributed by atoms with Gasteiger partial charge in [0.1, 0.15) is 0 Å². The smallest absolute Gasteiger partial charge is 0.230 e. The summed E-state index contributed by atoms with van der Waals surface area (Å²) in [6.45, 7) is 7.72. The number of thiophene rings is 1. The third-order valence-electron chi connectivity index (χ3n) is 4.25. The Morgan fingerprint density at radius 3 is 2.90 bits per heavy atom. The predicted molar refractivity (Wildman–Crippen MR) is 84.9 cm³/mol. The normalized spacial score (nSPS) is 22.7. The number of amides is 1. The first-order chi connectivity index (χ1) is 9.72. The summed E-state index contributed by atoms with van der Waals surface area (Å²) in [6.07, 6.45) is 4.22. The van der Waals surface area contributed by atoms with Gasteiger partial charge in [-0.05, 0) is 44.2 Å². The number of hydrogen-bond donors (Lipinski definition) is 1. The first-order valence-corrected chi connectivity index (χ1v) is 8.62. The van der Waals surface area contributed by atoms with Gasteiger partial charge in [0.2, 0.25) is 5.91 Å². The minimum absolute atomic E-state index is 0.166. The molecule has 112 valence electrons. The van der Waals surface area contributed by atoms with E-state index >= 15 is 0 Å². The topological polar surface area (TPSA) is 32.3 Å². The van der Waals surface area contributed by atoms with Gasteiger partial charge in [0.25, 0.3) is 0 Å². The second kappa shape index (κ2) is 7.23. The van der Waals surface area contributed by atoms with Crippen molar-refractivity contribution in [2.75, 3.05) is 19.6 Å². The van der Waals surface area contributed by atoms with E-state index in [4.69, 9.17) is 0 Å². The predicted octanol–water partition coefficient (Wildman–Crippen LogP) is 3.27. The van der Waals surface area contributed by atoms with Crippen molar-refractivity contribution in [2.45, 2.75) is 46.1 Å². The molecule has 3 nitrogen and oxygen atoms in total. The SMILES string of the molecule is CCCC1(C(=O)N(CC)Cc2cccs2)CCCNC1. The Balaban J connectivity index is 2.11. The van der Waals surface area contributed by atoms with Crippen LogP contribution in [0.3, 0.4) is 0 Å². The average Bonchev–Trinajstić information content (AvgIpc) is 2.98. The van der Waals surface area contributed by atoms with Gasteiger partial charge in [-0.25, -0.2) is 0 Å². The molecule has 0 spiro atoms. The lowest BCUT2D eigenvalue weighted by atomic mass is 9.75. The zero-order valence-corrected chi connectivity index (χ0v) is 13.5. The van der Waals surface area contributed by atoms with Crippen LogP contribution >= 0.6 is 11.3 Å². The standard InChI is InChI=1S/C16H26N2OS/c1-3-8-16(9-6-10-17-13-16)15(19)18(4-2)12-14-7-5-11-20-14/h5,7,11,17H,3-4,6,8-10,12-13H2,1-2H3. The molecule has 0 saturated carbocycles. The van der Waals surface area contributed by atoms with E-state index in [-0.39, 0.29) is 5.41 Å². The van der Waals surface area contributed by atoms with Gasteiger partial charge in [0, 0.05) is 18.0 Å². The highest BCUT2D eigenvalue weighted by molar-refractivity contribution is 7.09. The molecule has 20 heavy (non-hydrogen) atoms. The Hall–Kier alpha value is -0.870. The highest BCUT2D eigenvalue weighted by atomic mass is 32.1. The van der Waals surface area contributed by atoms with Crippen molar-refractivity contribution in [3.05, 3.63) is 22.4 Å². The Morgan fingerprint density at radius 2 is 2.35 bits per heavy atom. The van der Waals surface area contributed by atoms with E-state index in [2.05, 4.69) is 36.7 Å². The molecular weight excluding hydrogens is 268 g/mol. The van der Waals surface area contributed by atoms with E-state index in [1.807, 2.05) is 4.90 Å². The summed E-state index contributed by atoms with van der Waals surface area (Å²) in [4.78, 5) is 16.4. The summed E-state index contributed by atoms with van der Waals surface area (Å²) >= 11 is 1.73. The molecule has 1 atom stereocenters. The molecule has 1 amide bonds. The van der Waals surface area contributed by atoms with Crippen LogP contribution in [0.15, 0.2) is 17.5 Å². The lowest BCUT2D eigenvalue weighted by Crippen LogP contribution is -2.51. The molecule has 1 aromatic heterocycles. The van der Waals surface area contributed by atoms with Crippen LogP contribution in [0.2, 0.25) is 0 Å². The lowest BCUT2D eigenvalue weighted by molar-refractivity contribution is -0.144. The van der Waals surface area contributed by atoms with Gasteiger partial charge in [-0.3, -0.25) is 4.79 Å². The van der Waals surface area contributed by atoms with Gasteiger partial charge in [0.15, 0.2) is 0 Å². The lowest BCUT2D eigenvalue weighted by Gasteiger charge is -2.40. The van der Waals surface area contributed by atoms with E-state index in [1.165, 1.54) is 4.88 Å². The van der Waals surface area contributed by atoms with Gasteiger partial charge < -0.3 is 10.2 Å². The van der Waals surface area contributed by atoms with E-state index in [1.54, 1.807) is 11.3 Å². The summed E-state index contributed by atoms with van der Waals surface area (Å²) < 4.78 is 0. The molecular formula is C16H26N2OS. The maximum Gasteiger partial charge on any atom is 0.230 e. The number of carbonyl (C=O) groups is 1.